The molecule has 0 unspecified atom stereocenters. The molecule has 3 heteroatoms. The lowest BCUT2D eigenvalue weighted by Gasteiger charge is -2.15. The summed E-state index contributed by atoms with van der Waals surface area (Å²) in [6.45, 7) is 8.48. The average molecular weight is 195 g/mol. The first kappa shape index (κ1) is 10.8. The molecule has 14 heavy (non-hydrogen) atoms. The number of H-pyrrole nitrogens is 1. The van der Waals surface area contributed by atoms with Crippen molar-refractivity contribution in [2.24, 2.45) is 0 Å². The second-order valence-corrected chi connectivity index (χ2v) is 4.26. The SMILES string of the molecule is CCOC(=O)c1ccc(C(C)(C)C)[nH]1. The van der Waals surface area contributed by atoms with Crippen LogP contribution in [0.5, 0.6) is 0 Å². The van der Waals surface area contributed by atoms with Gasteiger partial charge in [0.1, 0.15) is 5.69 Å². The normalized spacial score (nSPS) is 11.4. The molecule has 0 aromatic carbocycles. The van der Waals surface area contributed by atoms with E-state index >= 15 is 0 Å². The molecule has 0 bridgehead atoms. The summed E-state index contributed by atoms with van der Waals surface area (Å²) in [6.07, 6.45) is 0. The number of hydrogen-bond donors (Lipinski definition) is 1. The number of esters is 1. The predicted octanol–water partition coefficient (Wildman–Crippen LogP) is 2.49. The Kier molecular flexibility index (Phi) is 2.99. The Labute approximate surface area is 84.5 Å². The largest absolute Gasteiger partial charge is 0.461 e. The lowest BCUT2D eigenvalue weighted by atomic mass is 9.93. The van der Waals surface area contributed by atoms with E-state index in [1.54, 1.807) is 13.0 Å². The van der Waals surface area contributed by atoms with Gasteiger partial charge in [0.15, 0.2) is 0 Å². The topological polar surface area (TPSA) is 42.1 Å². The van der Waals surface area contributed by atoms with E-state index < -0.39 is 0 Å². The molecule has 0 saturated carbocycles. The highest BCUT2D eigenvalue weighted by atomic mass is 16.5. The third kappa shape index (κ3) is 2.37. The van der Waals surface area contributed by atoms with Crippen molar-refractivity contribution < 1.29 is 9.53 Å². The number of nitrogens with one attached hydrogen (secondary N) is 1. The summed E-state index contributed by atoms with van der Waals surface area (Å²) >= 11 is 0. The zero-order valence-electron chi connectivity index (χ0n) is 9.18. The summed E-state index contributed by atoms with van der Waals surface area (Å²) in [4.78, 5) is 14.4. The summed E-state index contributed by atoms with van der Waals surface area (Å²) < 4.78 is 4.88. The molecule has 0 atom stereocenters. The molecular formula is C11H17NO2. The van der Waals surface area contributed by atoms with Gasteiger partial charge in [-0.05, 0) is 19.1 Å². The molecule has 1 heterocycles. The third-order valence-corrected chi connectivity index (χ3v) is 1.99. The maximum atomic E-state index is 11.3. The van der Waals surface area contributed by atoms with E-state index in [2.05, 4.69) is 25.8 Å². The molecular weight excluding hydrogens is 178 g/mol. The van der Waals surface area contributed by atoms with Crippen LogP contribution in [0.3, 0.4) is 0 Å². The van der Waals surface area contributed by atoms with Gasteiger partial charge in [-0.15, -0.1) is 0 Å². The monoisotopic (exact) mass is 195 g/mol. The van der Waals surface area contributed by atoms with E-state index in [0.29, 0.717) is 12.3 Å². The van der Waals surface area contributed by atoms with Crippen molar-refractivity contribution in [3.63, 3.8) is 0 Å². The molecule has 1 aromatic heterocycles. The highest BCUT2D eigenvalue weighted by molar-refractivity contribution is 5.87. The van der Waals surface area contributed by atoms with Crippen molar-refractivity contribution in [2.75, 3.05) is 6.61 Å². The molecule has 1 rings (SSSR count). The Morgan fingerprint density at radius 1 is 1.43 bits per heavy atom. The Hall–Kier alpha value is -1.25. The number of aromatic nitrogens is 1. The first-order chi connectivity index (χ1) is 6.45. The van der Waals surface area contributed by atoms with Gasteiger partial charge in [-0.3, -0.25) is 0 Å². The van der Waals surface area contributed by atoms with Crippen LogP contribution in [0.25, 0.3) is 0 Å². The van der Waals surface area contributed by atoms with Crippen LogP contribution in [0.15, 0.2) is 12.1 Å². The standard InChI is InChI=1S/C11H17NO2/c1-5-14-10(13)8-6-7-9(12-8)11(2,3)4/h6-7,12H,5H2,1-4H3. The summed E-state index contributed by atoms with van der Waals surface area (Å²) in [5.41, 5.74) is 1.60. The van der Waals surface area contributed by atoms with Crippen LogP contribution in [0.2, 0.25) is 0 Å². The number of carbonyl (C=O) groups is 1. The van der Waals surface area contributed by atoms with Crippen molar-refractivity contribution in [3.8, 4) is 0 Å². The van der Waals surface area contributed by atoms with E-state index in [4.69, 9.17) is 4.74 Å². The molecule has 0 spiro atoms. The molecule has 0 aliphatic carbocycles. The van der Waals surface area contributed by atoms with Gasteiger partial charge in [0.05, 0.1) is 6.61 Å². The Balaban J connectivity index is 2.83. The number of ether oxygens (including phenoxy) is 1. The highest BCUT2D eigenvalue weighted by Crippen LogP contribution is 2.21. The molecule has 1 aromatic rings. The van der Waals surface area contributed by atoms with Crippen LogP contribution in [-0.2, 0) is 10.2 Å². The molecule has 78 valence electrons. The first-order valence-corrected chi connectivity index (χ1v) is 4.81. The lowest BCUT2D eigenvalue weighted by molar-refractivity contribution is 0.0520. The summed E-state index contributed by atoms with van der Waals surface area (Å²) in [6, 6.07) is 3.69. The summed E-state index contributed by atoms with van der Waals surface area (Å²) in [5.74, 6) is -0.289. The zero-order chi connectivity index (χ0) is 10.8. The van der Waals surface area contributed by atoms with Gasteiger partial charge in [0.25, 0.3) is 0 Å². The van der Waals surface area contributed by atoms with E-state index in [1.165, 1.54) is 0 Å². The molecule has 0 aliphatic heterocycles. The van der Waals surface area contributed by atoms with Crippen molar-refractivity contribution >= 4 is 5.97 Å². The maximum Gasteiger partial charge on any atom is 0.354 e. The van der Waals surface area contributed by atoms with Gasteiger partial charge < -0.3 is 9.72 Å². The smallest absolute Gasteiger partial charge is 0.354 e. The van der Waals surface area contributed by atoms with Crippen molar-refractivity contribution in [1.82, 2.24) is 4.98 Å². The quantitative estimate of drug-likeness (QED) is 0.737. The lowest BCUT2D eigenvalue weighted by Crippen LogP contribution is -2.12. The Morgan fingerprint density at radius 3 is 2.50 bits per heavy atom. The second kappa shape index (κ2) is 3.86. The van der Waals surface area contributed by atoms with Crippen LogP contribution in [0.1, 0.15) is 43.9 Å². The van der Waals surface area contributed by atoms with E-state index in [1.807, 2.05) is 6.07 Å². The molecule has 0 fully saturated rings. The van der Waals surface area contributed by atoms with Gasteiger partial charge >= 0.3 is 5.97 Å². The zero-order valence-corrected chi connectivity index (χ0v) is 9.18. The Morgan fingerprint density at radius 2 is 2.07 bits per heavy atom. The average Bonchev–Trinajstić information content (AvgIpc) is 2.51. The van der Waals surface area contributed by atoms with Gasteiger partial charge in [-0.1, -0.05) is 20.8 Å². The van der Waals surface area contributed by atoms with Crippen molar-refractivity contribution in [2.45, 2.75) is 33.1 Å². The van der Waals surface area contributed by atoms with Crippen molar-refractivity contribution in [1.29, 1.82) is 0 Å². The predicted molar refractivity (Wildman–Crippen MR) is 55.4 cm³/mol. The number of aromatic amines is 1. The molecule has 0 aliphatic rings. The number of rotatable bonds is 2. The number of carbonyl (C=O) groups excluding carboxylic acids is 1. The van der Waals surface area contributed by atoms with Crippen LogP contribution >= 0.6 is 0 Å². The summed E-state index contributed by atoms with van der Waals surface area (Å²) in [7, 11) is 0. The number of hydrogen-bond acceptors (Lipinski definition) is 2. The third-order valence-electron chi connectivity index (χ3n) is 1.99. The van der Waals surface area contributed by atoms with E-state index in [0.717, 1.165) is 5.69 Å². The molecule has 0 radical (unpaired) electrons. The fraction of sp³-hybridized carbons (Fsp3) is 0.545. The van der Waals surface area contributed by atoms with Gasteiger partial charge in [0.2, 0.25) is 0 Å². The minimum absolute atomic E-state index is 0.0325. The molecule has 0 amide bonds. The van der Waals surface area contributed by atoms with Gasteiger partial charge in [-0.25, -0.2) is 4.79 Å². The van der Waals surface area contributed by atoms with Crippen LogP contribution < -0.4 is 0 Å². The first-order valence-electron chi connectivity index (χ1n) is 4.81. The fourth-order valence-corrected chi connectivity index (χ4v) is 1.16. The van der Waals surface area contributed by atoms with E-state index in [9.17, 15) is 4.79 Å². The van der Waals surface area contributed by atoms with Crippen molar-refractivity contribution in [3.05, 3.63) is 23.5 Å². The van der Waals surface area contributed by atoms with Gasteiger partial charge in [-0.2, -0.15) is 0 Å². The molecule has 3 nitrogen and oxygen atoms in total. The van der Waals surface area contributed by atoms with E-state index in [-0.39, 0.29) is 11.4 Å². The minimum Gasteiger partial charge on any atom is -0.461 e. The molecule has 0 saturated heterocycles. The second-order valence-electron chi connectivity index (χ2n) is 4.26. The summed E-state index contributed by atoms with van der Waals surface area (Å²) in [5, 5.41) is 0. The molecule has 1 N–H and O–H groups in total. The van der Waals surface area contributed by atoms with Crippen LogP contribution in [0.4, 0.5) is 0 Å². The fourth-order valence-electron chi connectivity index (χ4n) is 1.16. The Bertz CT molecular complexity index is 320. The van der Waals surface area contributed by atoms with Gasteiger partial charge in [0, 0.05) is 11.1 Å². The minimum atomic E-state index is -0.289. The highest BCUT2D eigenvalue weighted by Gasteiger charge is 2.17. The maximum absolute atomic E-state index is 11.3. The van der Waals surface area contributed by atoms with Crippen LogP contribution in [0, 0.1) is 0 Å². The van der Waals surface area contributed by atoms with Crippen LogP contribution in [-0.4, -0.2) is 17.6 Å².